The molecule has 25 heavy (non-hydrogen) atoms. The van der Waals surface area contributed by atoms with Gasteiger partial charge in [-0.3, -0.25) is 9.63 Å². The van der Waals surface area contributed by atoms with E-state index in [0.29, 0.717) is 18.7 Å². The second-order valence-corrected chi connectivity index (χ2v) is 7.80. The predicted octanol–water partition coefficient (Wildman–Crippen LogP) is 2.07. The highest BCUT2D eigenvalue weighted by molar-refractivity contribution is 7.89. The van der Waals surface area contributed by atoms with Gasteiger partial charge in [-0.25, -0.2) is 8.42 Å². The molecule has 0 aromatic heterocycles. The summed E-state index contributed by atoms with van der Waals surface area (Å²) in [5, 5.41) is 0. The zero-order valence-electron chi connectivity index (χ0n) is 14.2. The van der Waals surface area contributed by atoms with Gasteiger partial charge in [-0.2, -0.15) is 0 Å². The molecular formula is C18H20N2O4S. The van der Waals surface area contributed by atoms with Gasteiger partial charge in [-0.05, 0) is 41.8 Å². The number of hydrogen-bond donors (Lipinski definition) is 0. The SMILES string of the molecule is CON(C)S(=O)(=O)c1ccc(C(=O)N2CCc3ccccc3C2)cc1. The number of carbonyl (C=O) groups excluding carboxylic acids is 1. The maximum atomic E-state index is 12.7. The summed E-state index contributed by atoms with van der Waals surface area (Å²) in [5.74, 6) is -0.0986. The summed E-state index contributed by atoms with van der Waals surface area (Å²) < 4.78 is 25.2. The number of rotatable bonds is 4. The molecule has 0 unspecified atom stereocenters. The summed E-state index contributed by atoms with van der Waals surface area (Å²) in [6.07, 6.45) is 0.826. The Balaban J connectivity index is 1.78. The van der Waals surface area contributed by atoms with E-state index in [1.807, 2.05) is 18.2 Å². The lowest BCUT2D eigenvalue weighted by molar-refractivity contribution is -0.0258. The van der Waals surface area contributed by atoms with E-state index in [0.717, 1.165) is 16.5 Å². The normalized spacial score (nSPS) is 14.4. The van der Waals surface area contributed by atoms with Crippen molar-refractivity contribution in [1.82, 2.24) is 9.37 Å². The van der Waals surface area contributed by atoms with E-state index in [2.05, 4.69) is 6.07 Å². The van der Waals surface area contributed by atoms with Gasteiger partial charge in [-0.15, -0.1) is 0 Å². The Bertz CT molecular complexity index is 878. The topological polar surface area (TPSA) is 66.9 Å². The van der Waals surface area contributed by atoms with E-state index in [-0.39, 0.29) is 10.8 Å². The summed E-state index contributed by atoms with van der Waals surface area (Å²) in [4.78, 5) is 19.3. The lowest BCUT2D eigenvalue weighted by atomic mass is 9.99. The van der Waals surface area contributed by atoms with Crippen molar-refractivity contribution in [3.8, 4) is 0 Å². The van der Waals surface area contributed by atoms with Crippen molar-refractivity contribution in [2.45, 2.75) is 17.9 Å². The molecule has 1 aliphatic rings. The van der Waals surface area contributed by atoms with Crippen LogP contribution in [0.3, 0.4) is 0 Å². The van der Waals surface area contributed by atoms with Crippen molar-refractivity contribution in [3.05, 3.63) is 65.2 Å². The molecule has 0 bridgehead atoms. The number of sulfonamides is 1. The highest BCUT2D eigenvalue weighted by atomic mass is 32.2. The Morgan fingerprint density at radius 2 is 1.72 bits per heavy atom. The molecule has 0 N–H and O–H groups in total. The maximum absolute atomic E-state index is 12.7. The van der Waals surface area contributed by atoms with Gasteiger partial charge in [0.2, 0.25) is 0 Å². The first kappa shape index (κ1) is 17.6. The van der Waals surface area contributed by atoms with Crippen LogP contribution in [-0.4, -0.2) is 44.4 Å². The van der Waals surface area contributed by atoms with E-state index in [1.54, 1.807) is 17.0 Å². The smallest absolute Gasteiger partial charge is 0.264 e. The fraction of sp³-hybridized carbons (Fsp3) is 0.278. The van der Waals surface area contributed by atoms with Crippen LogP contribution < -0.4 is 0 Å². The minimum atomic E-state index is -3.71. The number of nitrogens with zero attached hydrogens (tertiary/aromatic N) is 2. The van der Waals surface area contributed by atoms with Crippen molar-refractivity contribution in [3.63, 3.8) is 0 Å². The number of amides is 1. The van der Waals surface area contributed by atoms with Crippen LogP contribution >= 0.6 is 0 Å². The largest absolute Gasteiger partial charge is 0.334 e. The average Bonchev–Trinajstić information content (AvgIpc) is 2.66. The Kier molecular flexibility index (Phi) is 4.89. The number of fused-ring (bicyclic) bond motifs is 1. The Morgan fingerprint density at radius 1 is 1.08 bits per heavy atom. The predicted molar refractivity (Wildman–Crippen MR) is 93.3 cm³/mol. The van der Waals surface area contributed by atoms with Crippen LogP contribution in [0.1, 0.15) is 21.5 Å². The standard InChI is InChI=1S/C18H20N2O4S/c1-19(24-2)25(22,23)17-9-7-15(8-10-17)18(21)20-12-11-14-5-3-4-6-16(14)13-20/h3-10H,11-13H2,1-2H3. The maximum Gasteiger partial charge on any atom is 0.264 e. The van der Waals surface area contributed by atoms with Gasteiger partial charge in [0.25, 0.3) is 15.9 Å². The summed E-state index contributed by atoms with van der Waals surface area (Å²) in [6.45, 7) is 1.23. The van der Waals surface area contributed by atoms with Crippen LogP contribution in [0.2, 0.25) is 0 Å². The summed E-state index contributed by atoms with van der Waals surface area (Å²) >= 11 is 0. The van der Waals surface area contributed by atoms with Gasteiger partial charge < -0.3 is 4.90 Å². The van der Waals surface area contributed by atoms with Gasteiger partial charge in [-0.1, -0.05) is 28.7 Å². The first-order valence-electron chi connectivity index (χ1n) is 7.92. The van der Waals surface area contributed by atoms with Crippen LogP contribution in [0.5, 0.6) is 0 Å². The minimum absolute atomic E-state index is 0.0809. The highest BCUT2D eigenvalue weighted by Gasteiger charge is 2.24. The molecule has 6 nitrogen and oxygen atoms in total. The molecule has 0 saturated carbocycles. The molecule has 0 spiro atoms. The molecule has 2 aromatic rings. The first-order valence-corrected chi connectivity index (χ1v) is 9.36. The number of benzene rings is 2. The van der Waals surface area contributed by atoms with Gasteiger partial charge >= 0.3 is 0 Å². The third kappa shape index (κ3) is 3.44. The van der Waals surface area contributed by atoms with Crippen LogP contribution in [-0.2, 0) is 27.8 Å². The number of hydrogen-bond acceptors (Lipinski definition) is 4. The molecule has 7 heteroatoms. The molecule has 0 saturated heterocycles. The highest BCUT2D eigenvalue weighted by Crippen LogP contribution is 2.21. The quantitative estimate of drug-likeness (QED) is 0.783. The monoisotopic (exact) mass is 360 g/mol. The van der Waals surface area contributed by atoms with Crippen LogP contribution in [0.4, 0.5) is 0 Å². The Morgan fingerprint density at radius 3 is 2.36 bits per heavy atom. The third-order valence-electron chi connectivity index (χ3n) is 4.41. The zero-order valence-corrected chi connectivity index (χ0v) is 15.0. The Labute approximate surface area is 147 Å². The van der Waals surface area contributed by atoms with E-state index in [9.17, 15) is 13.2 Å². The fourth-order valence-corrected chi connectivity index (χ4v) is 3.84. The fourth-order valence-electron chi connectivity index (χ4n) is 2.87. The molecule has 0 fully saturated rings. The van der Waals surface area contributed by atoms with E-state index in [4.69, 9.17) is 4.84 Å². The van der Waals surface area contributed by atoms with E-state index < -0.39 is 10.0 Å². The first-order chi connectivity index (χ1) is 11.9. The van der Waals surface area contributed by atoms with Crippen LogP contribution in [0, 0.1) is 0 Å². The summed E-state index contributed by atoms with van der Waals surface area (Å²) in [6, 6.07) is 14.0. The van der Waals surface area contributed by atoms with Crippen molar-refractivity contribution in [2.75, 3.05) is 20.7 Å². The lowest BCUT2D eigenvalue weighted by Gasteiger charge is -2.29. The van der Waals surface area contributed by atoms with Gasteiger partial charge in [0.1, 0.15) is 0 Å². The second-order valence-electron chi connectivity index (χ2n) is 5.87. The summed E-state index contributed by atoms with van der Waals surface area (Å²) in [5.41, 5.74) is 2.90. The van der Waals surface area contributed by atoms with Crippen LogP contribution in [0.25, 0.3) is 0 Å². The molecule has 0 aliphatic carbocycles. The zero-order chi connectivity index (χ0) is 18.0. The number of carbonyl (C=O) groups is 1. The third-order valence-corrected chi connectivity index (χ3v) is 6.11. The Hall–Kier alpha value is -2.22. The minimum Gasteiger partial charge on any atom is -0.334 e. The summed E-state index contributed by atoms with van der Waals surface area (Å²) in [7, 11) is -1.11. The second kappa shape index (κ2) is 6.95. The molecule has 3 rings (SSSR count). The van der Waals surface area contributed by atoms with Crippen molar-refractivity contribution < 1.29 is 18.0 Å². The van der Waals surface area contributed by atoms with Gasteiger partial charge in [0.05, 0.1) is 12.0 Å². The van der Waals surface area contributed by atoms with E-state index >= 15 is 0 Å². The van der Waals surface area contributed by atoms with E-state index in [1.165, 1.54) is 31.9 Å². The molecule has 0 radical (unpaired) electrons. The molecule has 2 aromatic carbocycles. The number of hydroxylamine groups is 1. The molecule has 132 valence electrons. The average molecular weight is 360 g/mol. The molecular weight excluding hydrogens is 340 g/mol. The van der Waals surface area contributed by atoms with Gasteiger partial charge in [0, 0.05) is 25.7 Å². The lowest BCUT2D eigenvalue weighted by Crippen LogP contribution is -2.36. The van der Waals surface area contributed by atoms with Crippen LogP contribution in [0.15, 0.2) is 53.4 Å². The molecule has 1 aliphatic heterocycles. The molecule has 1 heterocycles. The van der Waals surface area contributed by atoms with Gasteiger partial charge in [0.15, 0.2) is 0 Å². The van der Waals surface area contributed by atoms with Crippen molar-refractivity contribution >= 4 is 15.9 Å². The molecule has 0 atom stereocenters. The van der Waals surface area contributed by atoms with Crippen molar-refractivity contribution in [1.29, 1.82) is 0 Å². The molecule has 1 amide bonds. The van der Waals surface area contributed by atoms with Crippen molar-refractivity contribution in [2.24, 2.45) is 0 Å².